The number of hydrogen-bond acceptors (Lipinski definition) is 8. The van der Waals surface area contributed by atoms with Crippen molar-refractivity contribution in [3.05, 3.63) is 75.4 Å². The van der Waals surface area contributed by atoms with Gasteiger partial charge in [-0.05, 0) is 12.1 Å². The van der Waals surface area contributed by atoms with Gasteiger partial charge in [0.1, 0.15) is 27.6 Å². The SMILES string of the molecule is COC(=O)c1scc(NC(=O)Nc2cc(Cc3coc4ccccc34)c(OC)cc2F)c1C(=O)OC. The molecule has 2 aromatic heterocycles. The van der Waals surface area contributed by atoms with E-state index in [1.807, 2.05) is 24.3 Å². The third kappa shape index (κ3) is 4.86. The predicted octanol–water partition coefficient (Wildman–Crippen LogP) is 5.45. The van der Waals surface area contributed by atoms with E-state index in [0.29, 0.717) is 17.7 Å². The number of ether oxygens (including phenoxy) is 3. The Hall–Kier alpha value is -4.38. The van der Waals surface area contributed by atoms with E-state index in [1.54, 1.807) is 6.26 Å². The highest BCUT2D eigenvalue weighted by Gasteiger charge is 2.26. The van der Waals surface area contributed by atoms with Crippen molar-refractivity contribution in [2.45, 2.75) is 6.42 Å². The first-order chi connectivity index (χ1) is 17.4. The lowest BCUT2D eigenvalue weighted by atomic mass is 10.0. The van der Waals surface area contributed by atoms with Crippen molar-refractivity contribution in [3.8, 4) is 5.75 Å². The number of amides is 2. The van der Waals surface area contributed by atoms with Crippen molar-refractivity contribution in [2.75, 3.05) is 32.0 Å². The zero-order valence-corrected chi connectivity index (χ0v) is 20.3. The molecular weight excluding hydrogens is 491 g/mol. The Balaban J connectivity index is 1.59. The first-order valence-electron chi connectivity index (χ1n) is 10.5. The van der Waals surface area contributed by atoms with Gasteiger partial charge in [-0.1, -0.05) is 18.2 Å². The molecule has 0 bridgehead atoms. The average Bonchev–Trinajstić information content (AvgIpc) is 3.49. The zero-order chi connectivity index (χ0) is 25.8. The maximum atomic E-state index is 14.8. The largest absolute Gasteiger partial charge is 0.496 e. The molecule has 0 aliphatic carbocycles. The third-order valence-electron chi connectivity index (χ3n) is 5.36. The molecule has 0 aliphatic rings. The predicted molar refractivity (Wildman–Crippen MR) is 132 cm³/mol. The van der Waals surface area contributed by atoms with Gasteiger partial charge in [0, 0.05) is 34.4 Å². The molecule has 0 unspecified atom stereocenters. The van der Waals surface area contributed by atoms with Crippen LogP contribution in [0.15, 0.2) is 52.5 Å². The fourth-order valence-electron chi connectivity index (χ4n) is 3.67. The number of para-hydroxylation sites is 1. The number of benzene rings is 2. The van der Waals surface area contributed by atoms with Gasteiger partial charge in [0.2, 0.25) is 0 Å². The summed E-state index contributed by atoms with van der Waals surface area (Å²) in [5, 5.41) is 7.19. The number of halogens is 1. The van der Waals surface area contributed by atoms with Gasteiger partial charge in [-0.15, -0.1) is 11.3 Å². The molecule has 0 saturated heterocycles. The van der Waals surface area contributed by atoms with Gasteiger partial charge in [0.05, 0.1) is 39.0 Å². The van der Waals surface area contributed by atoms with Gasteiger partial charge in [-0.25, -0.2) is 18.8 Å². The molecule has 4 rings (SSSR count). The minimum Gasteiger partial charge on any atom is -0.496 e. The summed E-state index contributed by atoms with van der Waals surface area (Å²) < 4.78 is 35.1. The summed E-state index contributed by atoms with van der Waals surface area (Å²) in [5.74, 6) is -2.02. The number of fused-ring (bicyclic) bond motifs is 1. The van der Waals surface area contributed by atoms with Gasteiger partial charge in [-0.3, -0.25) is 0 Å². The number of anilines is 2. The van der Waals surface area contributed by atoms with Crippen molar-refractivity contribution in [2.24, 2.45) is 0 Å². The fraction of sp³-hybridized carbons (Fsp3) is 0.160. The van der Waals surface area contributed by atoms with Crippen LogP contribution in [0.2, 0.25) is 0 Å². The molecule has 9 nitrogen and oxygen atoms in total. The van der Waals surface area contributed by atoms with E-state index in [-0.39, 0.29) is 21.8 Å². The fourth-order valence-corrected chi connectivity index (χ4v) is 4.58. The summed E-state index contributed by atoms with van der Waals surface area (Å²) in [6.45, 7) is 0. The molecule has 4 aromatic rings. The maximum absolute atomic E-state index is 14.8. The number of methoxy groups -OCH3 is 3. The standard InChI is InChI=1S/C25H21FN2O7S/c1-32-20-10-16(26)17(9-13(20)8-14-11-35-19-7-5-4-6-15(14)19)27-25(31)28-18-12-36-22(24(30)34-3)21(18)23(29)33-2/h4-7,9-12H,8H2,1-3H3,(H2,27,28,31). The quantitative estimate of drug-likeness (QED) is 0.316. The van der Waals surface area contributed by atoms with Crippen molar-refractivity contribution < 1.29 is 37.4 Å². The van der Waals surface area contributed by atoms with Crippen molar-refractivity contribution in [1.82, 2.24) is 0 Å². The van der Waals surface area contributed by atoms with E-state index in [0.717, 1.165) is 35.0 Å². The van der Waals surface area contributed by atoms with Gasteiger partial charge in [0.15, 0.2) is 0 Å². The average molecular weight is 513 g/mol. The normalized spacial score (nSPS) is 10.7. The van der Waals surface area contributed by atoms with Crippen LogP contribution in [0.3, 0.4) is 0 Å². The zero-order valence-electron chi connectivity index (χ0n) is 19.5. The van der Waals surface area contributed by atoms with Crippen molar-refractivity contribution in [1.29, 1.82) is 0 Å². The number of carbonyl (C=O) groups excluding carboxylic acids is 3. The summed E-state index contributed by atoms with van der Waals surface area (Å²) in [5.41, 5.74) is 1.94. The third-order valence-corrected chi connectivity index (χ3v) is 6.32. The lowest BCUT2D eigenvalue weighted by Crippen LogP contribution is -2.22. The number of nitrogens with one attached hydrogen (secondary N) is 2. The molecule has 36 heavy (non-hydrogen) atoms. The van der Waals surface area contributed by atoms with Gasteiger partial charge >= 0.3 is 18.0 Å². The first kappa shape index (κ1) is 24.7. The number of hydrogen-bond donors (Lipinski definition) is 2. The Labute approximate surface area is 208 Å². The van der Waals surface area contributed by atoms with Crippen LogP contribution in [0, 0.1) is 5.82 Å². The second-order valence-electron chi connectivity index (χ2n) is 7.49. The van der Waals surface area contributed by atoms with Gasteiger partial charge in [0.25, 0.3) is 0 Å². The molecule has 0 atom stereocenters. The molecule has 0 aliphatic heterocycles. The van der Waals surface area contributed by atoms with Crippen LogP contribution < -0.4 is 15.4 Å². The molecule has 2 aromatic carbocycles. The minimum atomic E-state index is -0.836. The maximum Gasteiger partial charge on any atom is 0.349 e. The summed E-state index contributed by atoms with van der Waals surface area (Å²) in [6, 6.07) is 9.31. The van der Waals surface area contributed by atoms with Gasteiger partial charge < -0.3 is 29.3 Å². The highest BCUT2D eigenvalue weighted by molar-refractivity contribution is 7.13. The van der Waals surface area contributed by atoms with Crippen LogP contribution in [0.1, 0.15) is 31.2 Å². The Morgan fingerprint density at radius 3 is 2.42 bits per heavy atom. The molecular formula is C25H21FN2O7S. The Morgan fingerprint density at radius 1 is 0.972 bits per heavy atom. The Morgan fingerprint density at radius 2 is 1.69 bits per heavy atom. The molecule has 2 amide bonds. The molecule has 0 saturated carbocycles. The number of urea groups is 1. The second kappa shape index (κ2) is 10.5. The van der Waals surface area contributed by atoms with Crippen LogP contribution in [0.4, 0.5) is 20.6 Å². The number of furan rings is 1. The summed E-state index contributed by atoms with van der Waals surface area (Å²) in [6.07, 6.45) is 1.98. The molecule has 11 heteroatoms. The number of thiophene rings is 1. The topological polar surface area (TPSA) is 116 Å². The summed E-state index contributed by atoms with van der Waals surface area (Å²) >= 11 is 0.897. The van der Waals surface area contributed by atoms with E-state index in [2.05, 4.69) is 15.4 Å². The molecule has 2 heterocycles. The Kier molecular flexibility index (Phi) is 7.20. The highest BCUT2D eigenvalue weighted by Crippen LogP contribution is 2.32. The number of rotatable bonds is 7. The van der Waals surface area contributed by atoms with E-state index < -0.39 is 23.8 Å². The van der Waals surface area contributed by atoms with Crippen LogP contribution in [-0.2, 0) is 15.9 Å². The molecule has 2 N–H and O–H groups in total. The van der Waals surface area contributed by atoms with E-state index in [9.17, 15) is 18.8 Å². The van der Waals surface area contributed by atoms with Crippen molar-refractivity contribution >= 4 is 51.7 Å². The van der Waals surface area contributed by atoms with Crippen LogP contribution in [0.5, 0.6) is 5.75 Å². The van der Waals surface area contributed by atoms with Crippen LogP contribution in [-0.4, -0.2) is 39.3 Å². The van der Waals surface area contributed by atoms with Crippen LogP contribution >= 0.6 is 11.3 Å². The minimum absolute atomic E-state index is 0.0174. The van der Waals surface area contributed by atoms with Crippen molar-refractivity contribution in [3.63, 3.8) is 0 Å². The van der Waals surface area contributed by atoms with E-state index in [4.69, 9.17) is 13.9 Å². The second-order valence-corrected chi connectivity index (χ2v) is 8.37. The number of esters is 2. The molecule has 0 spiro atoms. The van der Waals surface area contributed by atoms with Gasteiger partial charge in [-0.2, -0.15) is 0 Å². The summed E-state index contributed by atoms with van der Waals surface area (Å²) in [7, 11) is 3.73. The Bertz CT molecular complexity index is 1460. The lowest BCUT2D eigenvalue weighted by Gasteiger charge is -2.13. The molecule has 0 radical (unpaired) electrons. The van der Waals surface area contributed by atoms with E-state index >= 15 is 0 Å². The molecule has 186 valence electrons. The summed E-state index contributed by atoms with van der Waals surface area (Å²) in [4.78, 5) is 36.9. The highest BCUT2D eigenvalue weighted by atomic mass is 32.1. The lowest BCUT2D eigenvalue weighted by molar-refractivity contribution is 0.0561. The monoisotopic (exact) mass is 512 g/mol. The number of carbonyl (C=O) groups is 3. The van der Waals surface area contributed by atoms with E-state index in [1.165, 1.54) is 31.7 Å². The van der Waals surface area contributed by atoms with Crippen LogP contribution in [0.25, 0.3) is 11.0 Å². The first-order valence-corrected chi connectivity index (χ1v) is 11.4. The smallest absolute Gasteiger partial charge is 0.349 e. The molecule has 0 fully saturated rings.